The number of nitrogens with zero attached hydrogens (tertiary/aromatic N) is 1. The van der Waals surface area contributed by atoms with Crippen LogP contribution in [0.4, 0.5) is 5.00 Å². The summed E-state index contributed by atoms with van der Waals surface area (Å²) >= 11 is 1.29. The average molecular weight is 283 g/mol. The maximum Gasteiger partial charge on any atom is 0.314 e. The van der Waals surface area contributed by atoms with Crippen LogP contribution in [0.15, 0.2) is 11.7 Å². The fraction of sp³-hybridized carbons (Fsp3) is 0.615. The number of nitrogens with one attached hydrogen (secondary N) is 2. The molecule has 0 aliphatic heterocycles. The topological polar surface area (TPSA) is 71.1 Å². The monoisotopic (exact) mass is 283 g/mol. The molecule has 2 N–H and O–H groups in total. The molecule has 0 aliphatic carbocycles. The van der Waals surface area contributed by atoms with Gasteiger partial charge in [0.25, 0.3) is 0 Å². The molecule has 1 aromatic rings. The van der Waals surface area contributed by atoms with Gasteiger partial charge in [0.1, 0.15) is 5.00 Å². The molecule has 6 heteroatoms. The lowest BCUT2D eigenvalue weighted by Crippen LogP contribution is -2.37. The van der Waals surface area contributed by atoms with Crippen molar-refractivity contribution in [1.82, 2.24) is 10.3 Å². The van der Waals surface area contributed by atoms with Gasteiger partial charge in [-0.1, -0.05) is 33.1 Å². The minimum atomic E-state index is -0.630. The van der Waals surface area contributed by atoms with Crippen LogP contribution in [0.3, 0.4) is 0 Å². The Balaban J connectivity index is 2.31. The summed E-state index contributed by atoms with van der Waals surface area (Å²) in [4.78, 5) is 27.0. The lowest BCUT2D eigenvalue weighted by atomic mass is 9.99. The van der Waals surface area contributed by atoms with Crippen LogP contribution in [-0.2, 0) is 9.59 Å². The molecule has 0 bridgehead atoms. The number of anilines is 1. The first-order valence-electron chi connectivity index (χ1n) is 6.65. The maximum atomic E-state index is 11.6. The van der Waals surface area contributed by atoms with Gasteiger partial charge in [0.2, 0.25) is 0 Å². The fourth-order valence-corrected chi connectivity index (χ4v) is 2.22. The largest absolute Gasteiger partial charge is 0.348 e. The van der Waals surface area contributed by atoms with Crippen molar-refractivity contribution >= 4 is 28.2 Å². The predicted octanol–water partition coefficient (Wildman–Crippen LogP) is 2.41. The lowest BCUT2D eigenvalue weighted by molar-refractivity contribution is -0.136. The quantitative estimate of drug-likeness (QED) is 0.755. The van der Waals surface area contributed by atoms with Crippen molar-refractivity contribution in [3.63, 3.8) is 0 Å². The number of carbonyl (C=O) groups excluding carboxylic acids is 2. The molecule has 0 aromatic carbocycles. The summed E-state index contributed by atoms with van der Waals surface area (Å²) < 4.78 is 0. The zero-order valence-electron chi connectivity index (χ0n) is 11.4. The molecule has 1 heterocycles. The number of thiazole rings is 1. The highest BCUT2D eigenvalue weighted by molar-refractivity contribution is 7.14. The van der Waals surface area contributed by atoms with Crippen molar-refractivity contribution in [1.29, 1.82) is 0 Å². The van der Waals surface area contributed by atoms with Crippen LogP contribution in [0.2, 0.25) is 0 Å². The summed E-state index contributed by atoms with van der Waals surface area (Å²) in [6.07, 6.45) is 5.92. The van der Waals surface area contributed by atoms with Crippen LogP contribution >= 0.6 is 11.3 Å². The molecule has 0 spiro atoms. The summed E-state index contributed by atoms with van der Waals surface area (Å²) in [5.41, 5.74) is 1.60. The molecular formula is C13H21N3O2S. The van der Waals surface area contributed by atoms with E-state index in [1.807, 2.05) is 0 Å². The lowest BCUT2D eigenvalue weighted by Gasteiger charge is -2.14. The third kappa shape index (κ3) is 5.83. The summed E-state index contributed by atoms with van der Waals surface area (Å²) in [5, 5.41) is 5.78. The third-order valence-electron chi connectivity index (χ3n) is 2.97. The van der Waals surface area contributed by atoms with Gasteiger partial charge >= 0.3 is 11.8 Å². The van der Waals surface area contributed by atoms with Gasteiger partial charge < -0.3 is 10.6 Å². The highest BCUT2D eigenvalue weighted by atomic mass is 32.1. The van der Waals surface area contributed by atoms with E-state index in [4.69, 9.17) is 0 Å². The van der Waals surface area contributed by atoms with Crippen molar-refractivity contribution in [2.75, 3.05) is 11.9 Å². The van der Waals surface area contributed by atoms with Crippen molar-refractivity contribution in [2.24, 2.45) is 5.92 Å². The Morgan fingerprint density at radius 2 is 2.16 bits per heavy atom. The average Bonchev–Trinajstić information content (AvgIpc) is 2.91. The highest BCUT2D eigenvalue weighted by Gasteiger charge is 2.15. The van der Waals surface area contributed by atoms with Gasteiger partial charge in [-0.25, -0.2) is 0 Å². The van der Waals surface area contributed by atoms with Crippen molar-refractivity contribution < 1.29 is 9.59 Å². The Morgan fingerprint density at radius 1 is 1.37 bits per heavy atom. The molecule has 1 rings (SSSR count). The zero-order chi connectivity index (χ0) is 14.1. The Labute approximate surface area is 117 Å². The number of aromatic nitrogens is 1. The van der Waals surface area contributed by atoms with E-state index in [-0.39, 0.29) is 0 Å². The van der Waals surface area contributed by atoms with Gasteiger partial charge in [-0.15, -0.1) is 11.3 Å². The van der Waals surface area contributed by atoms with E-state index in [0.717, 1.165) is 25.7 Å². The van der Waals surface area contributed by atoms with Crippen LogP contribution in [0, 0.1) is 5.92 Å². The van der Waals surface area contributed by atoms with Gasteiger partial charge in [-0.2, -0.15) is 0 Å². The first-order valence-corrected chi connectivity index (χ1v) is 7.53. The second-order valence-electron chi connectivity index (χ2n) is 4.45. The van der Waals surface area contributed by atoms with E-state index in [0.29, 0.717) is 17.5 Å². The van der Waals surface area contributed by atoms with Crippen molar-refractivity contribution in [3.8, 4) is 0 Å². The molecular weight excluding hydrogens is 262 g/mol. The molecule has 0 saturated heterocycles. The van der Waals surface area contributed by atoms with E-state index >= 15 is 0 Å². The molecule has 1 unspecified atom stereocenters. The summed E-state index contributed by atoms with van der Waals surface area (Å²) in [5.74, 6) is -0.766. The summed E-state index contributed by atoms with van der Waals surface area (Å²) in [7, 11) is 0. The van der Waals surface area contributed by atoms with Crippen LogP contribution in [0.25, 0.3) is 0 Å². The molecule has 0 saturated carbocycles. The fourth-order valence-electron chi connectivity index (χ4n) is 1.71. The Bertz CT molecular complexity index is 393. The first-order chi connectivity index (χ1) is 9.17. The third-order valence-corrected chi connectivity index (χ3v) is 3.66. The summed E-state index contributed by atoms with van der Waals surface area (Å²) in [6, 6.07) is 0. The van der Waals surface area contributed by atoms with E-state index in [2.05, 4.69) is 29.5 Å². The van der Waals surface area contributed by atoms with Gasteiger partial charge in [-0.05, 0) is 12.3 Å². The van der Waals surface area contributed by atoms with Crippen LogP contribution < -0.4 is 10.6 Å². The van der Waals surface area contributed by atoms with Gasteiger partial charge in [0.15, 0.2) is 0 Å². The maximum absolute atomic E-state index is 11.6. The van der Waals surface area contributed by atoms with Crippen molar-refractivity contribution in [3.05, 3.63) is 11.7 Å². The number of hydrogen-bond donors (Lipinski definition) is 2. The number of amides is 2. The van der Waals surface area contributed by atoms with E-state index in [9.17, 15) is 9.59 Å². The molecule has 1 atom stereocenters. The SMILES string of the molecule is CCCCC(CC)CNC(=O)C(=O)Nc1cncs1. The van der Waals surface area contributed by atoms with Crippen LogP contribution in [0.5, 0.6) is 0 Å². The Morgan fingerprint density at radius 3 is 2.74 bits per heavy atom. The normalized spacial score (nSPS) is 11.9. The zero-order valence-corrected chi connectivity index (χ0v) is 12.3. The Kier molecular flexibility index (Phi) is 7.10. The second kappa shape index (κ2) is 8.63. The first kappa shape index (κ1) is 15.6. The van der Waals surface area contributed by atoms with E-state index < -0.39 is 11.8 Å². The molecule has 106 valence electrons. The molecule has 1 aromatic heterocycles. The molecule has 0 radical (unpaired) electrons. The number of unbranched alkanes of at least 4 members (excludes halogenated alkanes) is 1. The van der Waals surface area contributed by atoms with Crippen LogP contribution in [0.1, 0.15) is 39.5 Å². The van der Waals surface area contributed by atoms with Gasteiger partial charge in [0.05, 0.1) is 11.7 Å². The van der Waals surface area contributed by atoms with Gasteiger partial charge in [-0.3, -0.25) is 14.6 Å². The van der Waals surface area contributed by atoms with Crippen molar-refractivity contribution in [2.45, 2.75) is 39.5 Å². The minimum absolute atomic E-state index is 0.445. The number of hydrogen-bond acceptors (Lipinski definition) is 4. The number of carbonyl (C=O) groups is 2. The minimum Gasteiger partial charge on any atom is -0.348 e. The molecule has 0 aliphatic rings. The van der Waals surface area contributed by atoms with Gasteiger partial charge in [0, 0.05) is 6.54 Å². The standard InChI is InChI=1S/C13H21N3O2S/c1-3-5-6-10(4-2)7-15-12(17)13(18)16-11-8-14-9-19-11/h8-10H,3-7H2,1-2H3,(H,15,17)(H,16,18). The Hall–Kier alpha value is -1.43. The van der Waals surface area contributed by atoms with E-state index in [1.165, 1.54) is 17.5 Å². The smallest absolute Gasteiger partial charge is 0.314 e. The highest BCUT2D eigenvalue weighted by Crippen LogP contribution is 2.12. The van der Waals surface area contributed by atoms with Crippen LogP contribution in [-0.4, -0.2) is 23.3 Å². The molecule has 5 nitrogen and oxygen atoms in total. The molecule has 2 amide bonds. The predicted molar refractivity (Wildman–Crippen MR) is 77.1 cm³/mol. The molecule has 19 heavy (non-hydrogen) atoms. The number of rotatable bonds is 7. The second-order valence-corrected chi connectivity index (χ2v) is 5.33. The summed E-state index contributed by atoms with van der Waals surface area (Å²) in [6.45, 7) is 4.81. The van der Waals surface area contributed by atoms with E-state index in [1.54, 1.807) is 5.51 Å². The molecule has 0 fully saturated rings.